The van der Waals surface area contributed by atoms with Crippen molar-refractivity contribution in [1.29, 1.82) is 0 Å². The molecule has 0 saturated carbocycles. The number of benzene rings is 1. The Morgan fingerprint density at radius 2 is 1.79 bits per heavy atom. The highest BCUT2D eigenvalue weighted by molar-refractivity contribution is 6.04. The fraction of sp³-hybridized carbons (Fsp3) is 0.0526. The summed E-state index contributed by atoms with van der Waals surface area (Å²) >= 11 is 0. The SMILES string of the molecule is Cc1nccn1-c1ncc(NC(=O)c2cccc(Oc3ncccn3)c2)cn1. The molecule has 138 valence electrons. The normalized spacial score (nSPS) is 10.5. The molecule has 1 aromatic carbocycles. The molecule has 1 N–H and O–H groups in total. The molecule has 1 amide bonds. The molecule has 3 heterocycles. The van der Waals surface area contributed by atoms with Crippen LogP contribution in [0.4, 0.5) is 5.69 Å². The van der Waals surface area contributed by atoms with Crippen molar-refractivity contribution < 1.29 is 9.53 Å². The van der Waals surface area contributed by atoms with Gasteiger partial charge in [-0.1, -0.05) is 6.07 Å². The van der Waals surface area contributed by atoms with Crippen LogP contribution in [0.2, 0.25) is 0 Å². The van der Waals surface area contributed by atoms with Gasteiger partial charge in [0.15, 0.2) is 0 Å². The summed E-state index contributed by atoms with van der Waals surface area (Å²) in [6, 6.07) is 8.62. The number of anilines is 1. The number of aromatic nitrogens is 6. The van der Waals surface area contributed by atoms with Gasteiger partial charge in [0.25, 0.3) is 5.91 Å². The highest BCUT2D eigenvalue weighted by Gasteiger charge is 2.10. The average Bonchev–Trinajstić information content (AvgIpc) is 3.15. The maximum absolute atomic E-state index is 12.5. The number of carbonyl (C=O) groups excluding carboxylic acids is 1. The van der Waals surface area contributed by atoms with E-state index in [1.54, 1.807) is 59.7 Å². The van der Waals surface area contributed by atoms with E-state index >= 15 is 0 Å². The second kappa shape index (κ2) is 7.62. The van der Waals surface area contributed by atoms with E-state index in [2.05, 4.69) is 30.2 Å². The van der Waals surface area contributed by atoms with Crippen LogP contribution in [0.1, 0.15) is 16.2 Å². The van der Waals surface area contributed by atoms with Crippen molar-refractivity contribution in [1.82, 2.24) is 29.5 Å². The third-order valence-corrected chi connectivity index (χ3v) is 3.78. The van der Waals surface area contributed by atoms with Gasteiger partial charge in [-0.3, -0.25) is 9.36 Å². The summed E-state index contributed by atoms with van der Waals surface area (Å²) in [6.45, 7) is 1.86. The number of rotatable bonds is 5. The molecule has 9 nitrogen and oxygen atoms in total. The first-order valence-corrected chi connectivity index (χ1v) is 8.38. The summed E-state index contributed by atoms with van der Waals surface area (Å²) in [5, 5.41) is 2.76. The summed E-state index contributed by atoms with van der Waals surface area (Å²) in [5.74, 6) is 1.40. The Hall–Kier alpha value is -4.14. The van der Waals surface area contributed by atoms with Gasteiger partial charge in [0, 0.05) is 30.4 Å². The van der Waals surface area contributed by atoms with Crippen LogP contribution in [-0.2, 0) is 0 Å². The summed E-state index contributed by atoms with van der Waals surface area (Å²) < 4.78 is 7.30. The van der Waals surface area contributed by atoms with Gasteiger partial charge in [-0.25, -0.2) is 24.9 Å². The molecule has 0 saturated heterocycles. The molecule has 4 aromatic rings. The maximum atomic E-state index is 12.5. The monoisotopic (exact) mass is 373 g/mol. The van der Waals surface area contributed by atoms with Crippen LogP contribution >= 0.6 is 0 Å². The molecule has 0 aliphatic heterocycles. The number of hydrogen-bond donors (Lipinski definition) is 1. The van der Waals surface area contributed by atoms with E-state index in [9.17, 15) is 4.79 Å². The van der Waals surface area contributed by atoms with Gasteiger partial charge in [0.05, 0.1) is 18.1 Å². The number of hydrogen-bond acceptors (Lipinski definition) is 7. The third kappa shape index (κ3) is 3.83. The van der Waals surface area contributed by atoms with Gasteiger partial charge in [-0.15, -0.1) is 0 Å². The van der Waals surface area contributed by atoms with Gasteiger partial charge in [-0.05, 0) is 31.2 Å². The Morgan fingerprint density at radius 1 is 1.00 bits per heavy atom. The second-order valence-corrected chi connectivity index (χ2v) is 5.73. The van der Waals surface area contributed by atoms with Crippen molar-refractivity contribution >= 4 is 11.6 Å². The third-order valence-electron chi connectivity index (χ3n) is 3.78. The zero-order chi connectivity index (χ0) is 19.3. The van der Waals surface area contributed by atoms with Gasteiger partial charge in [0.1, 0.15) is 11.6 Å². The van der Waals surface area contributed by atoms with E-state index in [1.807, 2.05) is 6.92 Å². The van der Waals surface area contributed by atoms with E-state index in [0.29, 0.717) is 22.9 Å². The molecule has 0 aliphatic rings. The Kier molecular flexibility index (Phi) is 4.70. The molecule has 0 bridgehead atoms. The van der Waals surface area contributed by atoms with E-state index in [1.165, 1.54) is 12.4 Å². The lowest BCUT2D eigenvalue weighted by atomic mass is 10.2. The highest BCUT2D eigenvalue weighted by atomic mass is 16.5. The molecular formula is C19H15N7O2. The molecule has 28 heavy (non-hydrogen) atoms. The molecule has 9 heteroatoms. The molecule has 0 fully saturated rings. The zero-order valence-electron chi connectivity index (χ0n) is 14.9. The van der Waals surface area contributed by atoms with E-state index in [-0.39, 0.29) is 11.9 Å². The molecule has 0 spiro atoms. The van der Waals surface area contributed by atoms with Crippen molar-refractivity contribution in [3.63, 3.8) is 0 Å². The van der Waals surface area contributed by atoms with E-state index in [0.717, 1.165) is 5.82 Å². The van der Waals surface area contributed by atoms with E-state index < -0.39 is 0 Å². The van der Waals surface area contributed by atoms with Crippen molar-refractivity contribution in [2.75, 3.05) is 5.32 Å². The van der Waals surface area contributed by atoms with Crippen molar-refractivity contribution in [3.05, 3.63) is 78.9 Å². The number of nitrogens with one attached hydrogen (secondary N) is 1. The molecular weight excluding hydrogens is 358 g/mol. The molecule has 0 aliphatic carbocycles. The second-order valence-electron chi connectivity index (χ2n) is 5.73. The first-order valence-electron chi connectivity index (χ1n) is 8.38. The molecule has 0 unspecified atom stereocenters. The van der Waals surface area contributed by atoms with Crippen LogP contribution < -0.4 is 10.1 Å². The number of aryl methyl sites for hydroxylation is 1. The van der Waals surface area contributed by atoms with Crippen molar-refractivity contribution in [2.24, 2.45) is 0 Å². The van der Waals surface area contributed by atoms with Crippen LogP contribution in [0.15, 0.2) is 67.5 Å². The summed E-state index contributed by atoms with van der Waals surface area (Å²) in [4.78, 5) is 33.2. The number of carbonyl (C=O) groups is 1. The van der Waals surface area contributed by atoms with Gasteiger partial charge >= 0.3 is 6.01 Å². The Bertz CT molecular complexity index is 1090. The highest BCUT2D eigenvalue weighted by Crippen LogP contribution is 2.19. The van der Waals surface area contributed by atoms with Gasteiger partial charge < -0.3 is 10.1 Å². The Labute approximate surface area is 160 Å². The lowest BCUT2D eigenvalue weighted by molar-refractivity contribution is 0.102. The zero-order valence-corrected chi connectivity index (χ0v) is 14.9. The van der Waals surface area contributed by atoms with Crippen LogP contribution in [0.25, 0.3) is 5.95 Å². The lowest BCUT2D eigenvalue weighted by Gasteiger charge is -2.08. The minimum absolute atomic E-state index is 0.207. The quantitative estimate of drug-likeness (QED) is 0.573. The Balaban J connectivity index is 1.46. The van der Waals surface area contributed by atoms with Crippen molar-refractivity contribution in [2.45, 2.75) is 6.92 Å². The largest absolute Gasteiger partial charge is 0.424 e. The van der Waals surface area contributed by atoms with Crippen LogP contribution in [0, 0.1) is 6.92 Å². The van der Waals surface area contributed by atoms with Crippen LogP contribution in [0.3, 0.4) is 0 Å². The summed E-state index contributed by atoms with van der Waals surface area (Å²) in [6.07, 6.45) is 9.67. The van der Waals surface area contributed by atoms with Crippen LogP contribution in [0.5, 0.6) is 11.8 Å². The fourth-order valence-electron chi connectivity index (χ4n) is 2.45. The average molecular weight is 373 g/mol. The Morgan fingerprint density at radius 3 is 2.50 bits per heavy atom. The molecule has 4 rings (SSSR count). The van der Waals surface area contributed by atoms with Gasteiger partial charge in [-0.2, -0.15) is 0 Å². The van der Waals surface area contributed by atoms with Crippen molar-refractivity contribution in [3.8, 4) is 17.7 Å². The lowest BCUT2D eigenvalue weighted by Crippen LogP contribution is -2.13. The number of imidazole rings is 1. The standard InChI is InChI=1S/C19H15N7O2/c1-13-20-8-9-26(13)18-23-11-15(12-24-18)25-17(27)14-4-2-5-16(10-14)28-19-21-6-3-7-22-19/h2-12H,1H3,(H,25,27). The minimum Gasteiger partial charge on any atom is -0.424 e. The van der Waals surface area contributed by atoms with Gasteiger partial charge in [0.2, 0.25) is 5.95 Å². The maximum Gasteiger partial charge on any atom is 0.321 e. The number of amides is 1. The fourth-order valence-corrected chi connectivity index (χ4v) is 2.45. The number of ether oxygens (including phenoxy) is 1. The first kappa shape index (κ1) is 17.3. The molecule has 3 aromatic heterocycles. The molecule has 0 radical (unpaired) electrons. The predicted molar refractivity (Wildman–Crippen MR) is 100 cm³/mol. The smallest absolute Gasteiger partial charge is 0.321 e. The molecule has 0 atom stereocenters. The minimum atomic E-state index is -0.311. The number of nitrogens with zero attached hydrogens (tertiary/aromatic N) is 6. The summed E-state index contributed by atoms with van der Waals surface area (Å²) in [7, 11) is 0. The van der Waals surface area contributed by atoms with E-state index in [4.69, 9.17) is 4.74 Å². The summed E-state index contributed by atoms with van der Waals surface area (Å²) in [5.41, 5.74) is 0.896. The van der Waals surface area contributed by atoms with Crippen LogP contribution in [-0.4, -0.2) is 35.4 Å². The topological polar surface area (TPSA) is 108 Å². The first-order chi connectivity index (χ1) is 13.7. The predicted octanol–water partition coefficient (Wildman–Crippen LogP) is 2.81.